The van der Waals surface area contributed by atoms with Crippen molar-refractivity contribution in [2.45, 2.75) is 12.3 Å². The lowest BCUT2D eigenvalue weighted by molar-refractivity contribution is 0.499. The number of rotatable bonds is 4. The smallest absolute Gasteiger partial charge is 0.0278 e. The molecule has 1 aliphatic rings. The third kappa shape index (κ3) is 2.74. The molecule has 1 aliphatic carbocycles. The summed E-state index contributed by atoms with van der Waals surface area (Å²) in [5.41, 5.74) is 5.27. The van der Waals surface area contributed by atoms with Gasteiger partial charge in [-0.1, -0.05) is 116 Å². The summed E-state index contributed by atoms with van der Waals surface area (Å²) in [6.45, 7) is 2.37. The van der Waals surface area contributed by atoms with Crippen molar-refractivity contribution in [2.24, 2.45) is 5.92 Å². The third-order valence-corrected chi connectivity index (χ3v) is 5.39. The SMILES string of the molecule is CC(c1ccccc1)(c1ccccc1)C1C=CC=C1c1ccccc1. The molecule has 0 spiro atoms. The number of hydrogen-bond donors (Lipinski definition) is 0. The zero-order valence-corrected chi connectivity index (χ0v) is 14.5. The molecule has 0 amide bonds. The van der Waals surface area contributed by atoms with Crippen molar-refractivity contribution in [2.75, 3.05) is 0 Å². The summed E-state index contributed by atoms with van der Waals surface area (Å²) in [5.74, 6) is 0.305. The highest BCUT2D eigenvalue weighted by Gasteiger charge is 2.39. The third-order valence-electron chi connectivity index (χ3n) is 5.39. The summed E-state index contributed by atoms with van der Waals surface area (Å²) in [5, 5.41) is 0. The molecular formula is C25H22. The second kappa shape index (κ2) is 6.57. The largest absolute Gasteiger partial charge is 0.0758 e. The minimum Gasteiger partial charge on any atom is -0.0758 e. The van der Waals surface area contributed by atoms with E-state index in [4.69, 9.17) is 0 Å². The minimum atomic E-state index is -0.114. The first-order valence-corrected chi connectivity index (χ1v) is 8.85. The Morgan fingerprint density at radius 2 is 1.12 bits per heavy atom. The number of benzene rings is 3. The fourth-order valence-electron chi connectivity index (χ4n) is 3.98. The highest BCUT2D eigenvalue weighted by Crippen LogP contribution is 2.47. The van der Waals surface area contributed by atoms with Crippen LogP contribution in [0.4, 0.5) is 0 Å². The normalized spacial score (nSPS) is 16.7. The first kappa shape index (κ1) is 15.7. The second-order valence-electron chi connectivity index (χ2n) is 6.79. The maximum Gasteiger partial charge on any atom is 0.0278 e. The fourth-order valence-corrected chi connectivity index (χ4v) is 3.98. The van der Waals surface area contributed by atoms with E-state index in [2.05, 4.69) is 116 Å². The van der Waals surface area contributed by atoms with Gasteiger partial charge in [-0.25, -0.2) is 0 Å². The van der Waals surface area contributed by atoms with E-state index in [9.17, 15) is 0 Å². The summed E-state index contributed by atoms with van der Waals surface area (Å²) >= 11 is 0. The molecule has 25 heavy (non-hydrogen) atoms. The highest BCUT2D eigenvalue weighted by molar-refractivity contribution is 5.75. The van der Waals surface area contributed by atoms with E-state index >= 15 is 0 Å². The molecular weight excluding hydrogens is 300 g/mol. The molecule has 4 rings (SSSR count). The Labute approximate surface area is 150 Å². The van der Waals surface area contributed by atoms with Gasteiger partial charge in [-0.15, -0.1) is 0 Å². The summed E-state index contributed by atoms with van der Waals surface area (Å²) in [7, 11) is 0. The standard InChI is InChI=1S/C25H22/c1-25(21-14-7-3-8-15-21,22-16-9-4-10-17-22)24-19-11-18-23(24)20-12-5-2-6-13-20/h2-19,24H,1H3. The van der Waals surface area contributed by atoms with E-state index in [0.717, 1.165) is 0 Å². The van der Waals surface area contributed by atoms with Crippen LogP contribution in [-0.2, 0) is 5.41 Å². The Morgan fingerprint density at radius 1 is 0.640 bits per heavy atom. The van der Waals surface area contributed by atoms with E-state index < -0.39 is 0 Å². The molecule has 3 aromatic carbocycles. The maximum absolute atomic E-state index is 2.37. The van der Waals surface area contributed by atoms with Crippen LogP contribution in [0.5, 0.6) is 0 Å². The summed E-state index contributed by atoms with van der Waals surface area (Å²) in [6.07, 6.45) is 6.82. The van der Waals surface area contributed by atoms with Crippen molar-refractivity contribution in [3.63, 3.8) is 0 Å². The molecule has 0 radical (unpaired) electrons. The number of allylic oxidation sites excluding steroid dienone is 4. The van der Waals surface area contributed by atoms with Crippen LogP contribution in [-0.4, -0.2) is 0 Å². The minimum absolute atomic E-state index is 0.114. The van der Waals surface area contributed by atoms with Crippen molar-refractivity contribution < 1.29 is 0 Å². The van der Waals surface area contributed by atoms with Gasteiger partial charge in [0, 0.05) is 11.3 Å². The Balaban J connectivity index is 1.88. The monoisotopic (exact) mass is 322 g/mol. The molecule has 1 unspecified atom stereocenters. The molecule has 0 heteroatoms. The lowest BCUT2D eigenvalue weighted by Crippen LogP contribution is -2.32. The Bertz CT molecular complexity index is 847. The van der Waals surface area contributed by atoms with Crippen LogP contribution in [0.1, 0.15) is 23.6 Å². The lowest BCUT2D eigenvalue weighted by atomic mass is 9.64. The molecule has 0 heterocycles. The van der Waals surface area contributed by atoms with Crippen molar-refractivity contribution in [1.29, 1.82) is 0 Å². The van der Waals surface area contributed by atoms with Crippen LogP contribution < -0.4 is 0 Å². The quantitative estimate of drug-likeness (QED) is 0.531. The first-order chi connectivity index (χ1) is 12.3. The Hall–Kier alpha value is -2.86. The van der Waals surface area contributed by atoms with E-state index in [1.165, 1.54) is 22.3 Å². The number of hydrogen-bond acceptors (Lipinski definition) is 0. The molecule has 0 N–H and O–H groups in total. The van der Waals surface area contributed by atoms with Crippen molar-refractivity contribution in [3.8, 4) is 0 Å². The van der Waals surface area contributed by atoms with Crippen molar-refractivity contribution in [1.82, 2.24) is 0 Å². The van der Waals surface area contributed by atoms with Crippen LogP contribution in [0.15, 0.2) is 109 Å². The molecule has 0 fully saturated rings. The van der Waals surface area contributed by atoms with Gasteiger partial charge in [-0.2, -0.15) is 0 Å². The average Bonchev–Trinajstić information content (AvgIpc) is 3.20. The molecule has 0 nitrogen and oxygen atoms in total. The van der Waals surface area contributed by atoms with E-state index in [1.54, 1.807) is 0 Å². The predicted octanol–water partition coefficient (Wildman–Crippen LogP) is 6.26. The lowest BCUT2D eigenvalue weighted by Gasteiger charge is -2.38. The van der Waals surface area contributed by atoms with Crippen molar-refractivity contribution >= 4 is 5.57 Å². The van der Waals surface area contributed by atoms with Gasteiger partial charge in [-0.3, -0.25) is 0 Å². The zero-order chi connectivity index (χ0) is 17.1. The molecule has 0 saturated carbocycles. The van der Waals surface area contributed by atoms with Gasteiger partial charge in [0.05, 0.1) is 0 Å². The van der Waals surface area contributed by atoms with Crippen LogP contribution in [0.25, 0.3) is 5.57 Å². The zero-order valence-electron chi connectivity index (χ0n) is 14.5. The summed E-state index contributed by atoms with van der Waals surface area (Å²) in [4.78, 5) is 0. The van der Waals surface area contributed by atoms with Gasteiger partial charge in [0.2, 0.25) is 0 Å². The van der Waals surface area contributed by atoms with E-state index in [-0.39, 0.29) is 5.41 Å². The van der Waals surface area contributed by atoms with Gasteiger partial charge in [0.25, 0.3) is 0 Å². The van der Waals surface area contributed by atoms with Crippen LogP contribution >= 0.6 is 0 Å². The summed E-state index contributed by atoms with van der Waals surface area (Å²) < 4.78 is 0. The first-order valence-electron chi connectivity index (χ1n) is 8.85. The van der Waals surface area contributed by atoms with Gasteiger partial charge in [0.1, 0.15) is 0 Å². The van der Waals surface area contributed by atoms with E-state index in [1.807, 2.05) is 0 Å². The molecule has 0 aliphatic heterocycles. The van der Waals surface area contributed by atoms with Crippen LogP contribution in [0.2, 0.25) is 0 Å². The van der Waals surface area contributed by atoms with Gasteiger partial charge >= 0.3 is 0 Å². The summed E-state index contributed by atoms with van der Waals surface area (Å²) in [6, 6.07) is 32.5. The van der Waals surface area contributed by atoms with E-state index in [0.29, 0.717) is 5.92 Å². The maximum atomic E-state index is 2.37. The molecule has 3 aromatic rings. The second-order valence-corrected chi connectivity index (χ2v) is 6.79. The average molecular weight is 322 g/mol. The molecule has 0 bridgehead atoms. The highest BCUT2D eigenvalue weighted by atomic mass is 14.4. The molecule has 0 aromatic heterocycles. The topological polar surface area (TPSA) is 0 Å². The Morgan fingerprint density at radius 3 is 1.64 bits per heavy atom. The van der Waals surface area contributed by atoms with Crippen LogP contribution in [0.3, 0.4) is 0 Å². The molecule has 122 valence electrons. The Kier molecular flexibility index (Phi) is 4.11. The fraction of sp³-hybridized carbons (Fsp3) is 0.120. The molecule has 1 atom stereocenters. The molecule has 0 saturated heterocycles. The van der Waals surface area contributed by atoms with Gasteiger partial charge < -0.3 is 0 Å². The predicted molar refractivity (Wildman–Crippen MR) is 106 cm³/mol. The van der Waals surface area contributed by atoms with Gasteiger partial charge in [0.15, 0.2) is 0 Å². The van der Waals surface area contributed by atoms with Crippen molar-refractivity contribution in [3.05, 3.63) is 126 Å². The van der Waals surface area contributed by atoms with Crippen LogP contribution in [0, 0.1) is 5.92 Å². The van der Waals surface area contributed by atoms with Gasteiger partial charge in [-0.05, 0) is 22.3 Å².